The zero-order valence-electron chi connectivity index (χ0n) is 13.5. The third-order valence-electron chi connectivity index (χ3n) is 3.16. The van der Waals surface area contributed by atoms with Crippen LogP contribution in [0.2, 0.25) is 0 Å². The van der Waals surface area contributed by atoms with Crippen molar-refractivity contribution in [3.8, 4) is 0 Å². The number of carbonyl (C=O) groups excluding carboxylic acids is 1. The Morgan fingerprint density at radius 2 is 2.05 bits per heavy atom. The van der Waals surface area contributed by atoms with E-state index in [4.69, 9.17) is 10.6 Å². The molecule has 0 fully saturated rings. The molecule has 0 aromatic heterocycles. The van der Waals surface area contributed by atoms with Crippen molar-refractivity contribution in [1.82, 2.24) is 5.32 Å². The molecule has 0 radical (unpaired) electrons. The van der Waals surface area contributed by atoms with Crippen molar-refractivity contribution in [2.75, 3.05) is 13.2 Å². The Balaban J connectivity index is 2.07. The summed E-state index contributed by atoms with van der Waals surface area (Å²) in [6.07, 6.45) is 3.50. The van der Waals surface area contributed by atoms with Gasteiger partial charge in [-0.05, 0) is 30.7 Å². The van der Waals surface area contributed by atoms with Gasteiger partial charge in [0.25, 0.3) is 5.91 Å². The Morgan fingerprint density at radius 1 is 1.32 bits per heavy atom. The first kappa shape index (κ1) is 18.0. The van der Waals surface area contributed by atoms with Gasteiger partial charge in [-0.3, -0.25) is 4.79 Å². The number of carbonyl (C=O) groups is 1. The lowest BCUT2D eigenvalue weighted by molar-refractivity contribution is -0.125. The predicted molar refractivity (Wildman–Crippen MR) is 89.4 cm³/mol. The van der Waals surface area contributed by atoms with Crippen LogP contribution >= 0.6 is 0 Å². The highest BCUT2D eigenvalue weighted by molar-refractivity contribution is 5.80. The fourth-order valence-corrected chi connectivity index (χ4v) is 1.87. The quantitative estimate of drug-likeness (QED) is 0.302. The summed E-state index contributed by atoms with van der Waals surface area (Å²) in [7, 11) is 0. The molecule has 1 aromatic carbocycles. The van der Waals surface area contributed by atoms with Crippen molar-refractivity contribution < 1.29 is 9.63 Å². The third-order valence-corrected chi connectivity index (χ3v) is 3.16. The van der Waals surface area contributed by atoms with Gasteiger partial charge in [-0.25, -0.2) is 0 Å². The molecule has 1 rings (SSSR count). The number of nitrogens with one attached hydrogen (secondary N) is 1. The molecule has 0 saturated heterocycles. The first-order valence-corrected chi connectivity index (χ1v) is 7.83. The molecule has 0 heterocycles. The Labute approximate surface area is 132 Å². The van der Waals surface area contributed by atoms with Gasteiger partial charge in [-0.1, -0.05) is 49.3 Å². The van der Waals surface area contributed by atoms with Gasteiger partial charge in [0.15, 0.2) is 6.61 Å². The Kier molecular flexibility index (Phi) is 8.72. The number of oxime groups is 1. The van der Waals surface area contributed by atoms with Crippen molar-refractivity contribution in [3.05, 3.63) is 35.9 Å². The molecule has 0 aliphatic heterocycles. The number of nitrogens with two attached hydrogens (primary N) is 1. The number of amides is 1. The van der Waals surface area contributed by atoms with Crippen molar-refractivity contribution in [2.45, 2.75) is 39.5 Å². The van der Waals surface area contributed by atoms with Gasteiger partial charge in [0, 0.05) is 13.0 Å². The molecule has 3 N–H and O–H groups in total. The van der Waals surface area contributed by atoms with Crippen LogP contribution in [-0.4, -0.2) is 24.9 Å². The number of amidine groups is 1. The molecule has 22 heavy (non-hydrogen) atoms. The normalized spacial score (nSPS) is 11.5. The highest BCUT2D eigenvalue weighted by Crippen LogP contribution is 2.03. The number of aryl methyl sites for hydroxylation is 1. The topological polar surface area (TPSA) is 76.7 Å². The van der Waals surface area contributed by atoms with Crippen LogP contribution in [0, 0.1) is 5.92 Å². The fraction of sp³-hybridized carbons (Fsp3) is 0.529. The van der Waals surface area contributed by atoms with Crippen LogP contribution in [0.4, 0.5) is 0 Å². The fourth-order valence-electron chi connectivity index (χ4n) is 1.87. The van der Waals surface area contributed by atoms with Crippen LogP contribution in [0.25, 0.3) is 0 Å². The number of hydrogen-bond acceptors (Lipinski definition) is 3. The van der Waals surface area contributed by atoms with E-state index in [9.17, 15) is 4.79 Å². The molecule has 1 aromatic rings. The average molecular weight is 305 g/mol. The number of rotatable bonds is 10. The Hall–Kier alpha value is -2.04. The summed E-state index contributed by atoms with van der Waals surface area (Å²) in [5.74, 6) is 0.834. The second-order valence-corrected chi connectivity index (χ2v) is 5.73. The number of nitrogens with zero attached hydrogens (tertiary/aromatic N) is 1. The first-order valence-electron chi connectivity index (χ1n) is 7.83. The number of hydrogen-bond donors (Lipinski definition) is 2. The van der Waals surface area contributed by atoms with Gasteiger partial charge < -0.3 is 15.9 Å². The summed E-state index contributed by atoms with van der Waals surface area (Å²) in [4.78, 5) is 16.5. The van der Waals surface area contributed by atoms with Crippen LogP contribution in [0.1, 0.15) is 38.7 Å². The summed E-state index contributed by atoms with van der Waals surface area (Å²) in [6.45, 7) is 4.78. The minimum absolute atomic E-state index is 0.0896. The standard InChI is InChI=1S/C17H27N3O2/c1-14(2)10-11-16(18)20-22-13-17(21)19-12-6-9-15-7-4-3-5-8-15/h3-5,7-8,14H,6,9-13H2,1-2H3,(H2,18,20)(H,19,21). The van der Waals surface area contributed by atoms with Crippen molar-refractivity contribution in [2.24, 2.45) is 16.8 Å². The first-order chi connectivity index (χ1) is 10.6. The van der Waals surface area contributed by atoms with E-state index in [-0.39, 0.29) is 12.5 Å². The Bertz CT molecular complexity index is 458. The van der Waals surface area contributed by atoms with E-state index in [1.54, 1.807) is 0 Å². The summed E-state index contributed by atoms with van der Waals surface area (Å²) in [5.41, 5.74) is 6.96. The van der Waals surface area contributed by atoms with Crippen LogP contribution in [0.3, 0.4) is 0 Å². The van der Waals surface area contributed by atoms with E-state index >= 15 is 0 Å². The second-order valence-electron chi connectivity index (χ2n) is 5.73. The highest BCUT2D eigenvalue weighted by Gasteiger charge is 2.02. The molecule has 0 aliphatic rings. The van der Waals surface area contributed by atoms with Crippen LogP contribution in [0.5, 0.6) is 0 Å². The lowest BCUT2D eigenvalue weighted by Gasteiger charge is -2.06. The molecule has 0 spiro atoms. The van der Waals surface area contributed by atoms with E-state index in [0.717, 1.165) is 19.3 Å². The van der Waals surface area contributed by atoms with Crippen molar-refractivity contribution >= 4 is 11.7 Å². The molecule has 1 amide bonds. The second kappa shape index (κ2) is 10.7. The maximum atomic E-state index is 11.6. The van der Waals surface area contributed by atoms with E-state index in [1.807, 2.05) is 18.2 Å². The monoisotopic (exact) mass is 305 g/mol. The molecule has 0 unspecified atom stereocenters. The minimum atomic E-state index is -0.173. The maximum absolute atomic E-state index is 11.6. The largest absolute Gasteiger partial charge is 0.384 e. The SMILES string of the molecule is CC(C)CC/C(N)=N/OCC(=O)NCCCc1ccccc1. The lowest BCUT2D eigenvalue weighted by Crippen LogP contribution is -2.28. The summed E-state index contributed by atoms with van der Waals surface area (Å²) >= 11 is 0. The summed E-state index contributed by atoms with van der Waals surface area (Å²) < 4.78 is 0. The third kappa shape index (κ3) is 9.00. The summed E-state index contributed by atoms with van der Waals surface area (Å²) in [5, 5.41) is 6.55. The molecule has 122 valence electrons. The van der Waals surface area contributed by atoms with Crippen molar-refractivity contribution in [1.29, 1.82) is 0 Å². The van der Waals surface area contributed by atoms with Gasteiger partial charge in [0.05, 0.1) is 0 Å². The average Bonchev–Trinajstić information content (AvgIpc) is 2.50. The number of benzene rings is 1. The molecule has 0 bridgehead atoms. The van der Waals surface area contributed by atoms with E-state index in [2.05, 4.69) is 36.5 Å². The molecular weight excluding hydrogens is 278 g/mol. The summed E-state index contributed by atoms with van der Waals surface area (Å²) in [6, 6.07) is 10.2. The zero-order chi connectivity index (χ0) is 16.2. The van der Waals surface area contributed by atoms with E-state index in [0.29, 0.717) is 24.7 Å². The predicted octanol–water partition coefficient (Wildman–Crippen LogP) is 2.46. The van der Waals surface area contributed by atoms with Gasteiger partial charge in [-0.2, -0.15) is 0 Å². The van der Waals surface area contributed by atoms with Crippen LogP contribution < -0.4 is 11.1 Å². The van der Waals surface area contributed by atoms with E-state index in [1.165, 1.54) is 5.56 Å². The molecule has 0 atom stereocenters. The molecule has 5 nitrogen and oxygen atoms in total. The smallest absolute Gasteiger partial charge is 0.260 e. The lowest BCUT2D eigenvalue weighted by atomic mass is 10.1. The zero-order valence-corrected chi connectivity index (χ0v) is 13.5. The molecular formula is C17H27N3O2. The van der Waals surface area contributed by atoms with E-state index < -0.39 is 0 Å². The molecule has 0 aliphatic carbocycles. The van der Waals surface area contributed by atoms with Gasteiger partial charge in [0.1, 0.15) is 5.84 Å². The van der Waals surface area contributed by atoms with Crippen LogP contribution in [-0.2, 0) is 16.1 Å². The maximum Gasteiger partial charge on any atom is 0.260 e. The minimum Gasteiger partial charge on any atom is -0.384 e. The van der Waals surface area contributed by atoms with Crippen molar-refractivity contribution in [3.63, 3.8) is 0 Å². The Morgan fingerprint density at radius 3 is 2.73 bits per heavy atom. The molecule has 5 heteroatoms. The van der Waals surface area contributed by atoms with Gasteiger partial charge in [0.2, 0.25) is 0 Å². The molecule has 0 saturated carbocycles. The van der Waals surface area contributed by atoms with Crippen LogP contribution in [0.15, 0.2) is 35.5 Å². The van der Waals surface area contributed by atoms with Gasteiger partial charge >= 0.3 is 0 Å². The highest BCUT2D eigenvalue weighted by atomic mass is 16.6. The van der Waals surface area contributed by atoms with Gasteiger partial charge in [-0.15, -0.1) is 0 Å².